The fourth-order valence-electron chi connectivity index (χ4n) is 4.45. The monoisotopic (exact) mass is 362 g/mol. The lowest BCUT2D eigenvalue weighted by Gasteiger charge is -2.24. The Morgan fingerprint density at radius 3 is 2.78 bits per heavy atom. The highest BCUT2D eigenvalue weighted by Gasteiger charge is 2.32. The lowest BCUT2D eigenvalue weighted by atomic mass is 10.0. The molecular weight excluding hydrogens is 336 g/mol. The van der Waals surface area contributed by atoms with Gasteiger partial charge in [-0.15, -0.1) is 0 Å². The number of carbonyl (C=O) groups excluding carboxylic acids is 1. The maximum Gasteiger partial charge on any atom is 0.241 e. The Hall–Kier alpha value is -2.33. The second-order valence-corrected chi connectivity index (χ2v) is 8.01. The van der Waals surface area contributed by atoms with Crippen LogP contribution in [0.5, 0.6) is 5.75 Å². The molecule has 1 N–H and O–H groups in total. The number of likely N-dealkylation sites (tertiary alicyclic amines) is 1. The van der Waals surface area contributed by atoms with Crippen molar-refractivity contribution in [2.24, 2.45) is 0 Å². The minimum absolute atomic E-state index is 0.0497. The molecule has 0 radical (unpaired) electrons. The van der Waals surface area contributed by atoms with Gasteiger partial charge in [0.1, 0.15) is 5.75 Å². The summed E-state index contributed by atoms with van der Waals surface area (Å²) in [5.74, 6) is 1.88. The summed E-state index contributed by atoms with van der Waals surface area (Å²) in [5.41, 5.74) is 4.93. The van der Waals surface area contributed by atoms with Crippen molar-refractivity contribution in [2.45, 2.75) is 50.6 Å². The first-order chi connectivity index (χ1) is 13.3. The molecule has 27 heavy (non-hydrogen) atoms. The third-order valence-electron chi connectivity index (χ3n) is 6.11. The molecule has 4 nitrogen and oxygen atoms in total. The van der Waals surface area contributed by atoms with Crippen molar-refractivity contribution in [2.75, 3.05) is 18.5 Å². The summed E-state index contributed by atoms with van der Waals surface area (Å²) in [6.45, 7) is 2.57. The van der Waals surface area contributed by atoms with Gasteiger partial charge in [-0.1, -0.05) is 24.3 Å². The zero-order chi connectivity index (χ0) is 18.2. The Kier molecular flexibility index (Phi) is 4.36. The minimum Gasteiger partial charge on any atom is -0.493 e. The first kappa shape index (κ1) is 16.8. The van der Waals surface area contributed by atoms with E-state index in [1.165, 1.54) is 29.5 Å². The summed E-state index contributed by atoms with van der Waals surface area (Å²) in [7, 11) is 0. The summed E-state index contributed by atoms with van der Waals surface area (Å²) in [6.07, 6.45) is 5.58. The van der Waals surface area contributed by atoms with Gasteiger partial charge in [0.05, 0.1) is 12.6 Å². The first-order valence-corrected chi connectivity index (χ1v) is 10.2. The van der Waals surface area contributed by atoms with E-state index < -0.39 is 0 Å². The van der Waals surface area contributed by atoms with Crippen LogP contribution in [0, 0.1) is 0 Å². The van der Waals surface area contributed by atoms with Crippen molar-refractivity contribution in [3.8, 4) is 5.75 Å². The van der Waals surface area contributed by atoms with Crippen molar-refractivity contribution < 1.29 is 9.53 Å². The van der Waals surface area contributed by atoms with Crippen LogP contribution < -0.4 is 10.1 Å². The Labute approximate surface area is 160 Å². The van der Waals surface area contributed by atoms with Gasteiger partial charge < -0.3 is 10.1 Å². The van der Waals surface area contributed by atoms with E-state index in [0.29, 0.717) is 0 Å². The summed E-state index contributed by atoms with van der Waals surface area (Å²) >= 11 is 0. The highest BCUT2D eigenvalue weighted by molar-refractivity contribution is 5.95. The predicted octanol–water partition coefficient (Wildman–Crippen LogP) is 4.10. The second kappa shape index (κ2) is 7.01. The van der Waals surface area contributed by atoms with Gasteiger partial charge in [0.15, 0.2) is 0 Å². The number of rotatable bonds is 5. The van der Waals surface area contributed by atoms with Gasteiger partial charge in [-0.3, -0.25) is 9.69 Å². The van der Waals surface area contributed by atoms with Crippen LogP contribution in [0.15, 0.2) is 42.5 Å². The Bertz CT molecular complexity index is 842. The minimum atomic E-state index is -0.0497. The zero-order valence-corrected chi connectivity index (χ0v) is 15.6. The Balaban J connectivity index is 1.26. The van der Waals surface area contributed by atoms with Gasteiger partial charge in [0.25, 0.3) is 0 Å². The SMILES string of the molecule is O=C(Nc1ccc(C2CC2)cc1)C1CCCN1Cc1cccc2c1CCO2. The van der Waals surface area contributed by atoms with Gasteiger partial charge in [-0.2, -0.15) is 0 Å². The normalized spacial score (nSPS) is 21.7. The number of nitrogens with zero attached hydrogens (tertiary/aromatic N) is 1. The summed E-state index contributed by atoms with van der Waals surface area (Å²) in [6, 6.07) is 14.7. The number of hydrogen-bond donors (Lipinski definition) is 1. The van der Waals surface area contributed by atoms with E-state index in [1.807, 2.05) is 18.2 Å². The standard InChI is InChI=1S/C23H26N2O2/c26-23(24-19-10-8-17(9-11-19)16-6-7-16)21-4-2-13-25(21)15-18-3-1-5-22-20(18)12-14-27-22/h1,3,5,8-11,16,21H,2,4,6-7,12-15H2,(H,24,26). The molecule has 1 unspecified atom stereocenters. The molecule has 1 aliphatic carbocycles. The predicted molar refractivity (Wildman–Crippen MR) is 106 cm³/mol. The number of ether oxygens (including phenoxy) is 1. The van der Waals surface area contributed by atoms with Crippen LogP contribution in [0.25, 0.3) is 0 Å². The molecule has 2 aliphatic heterocycles. The highest BCUT2D eigenvalue weighted by Crippen LogP contribution is 2.40. The van der Waals surface area contributed by atoms with Crippen molar-refractivity contribution in [1.29, 1.82) is 0 Å². The fourth-order valence-corrected chi connectivity index (χ4v) is 4.45. The number of amides is 1. The van der Waals surface area contributed by atoms with Gasteiger partial charge in [0.2, 0.25) is 5.91 Å². The fraction of sp³-hybridized carbons (Fsp3) is 0.435. The van der Waals surface area contributed by atoms with Gasteiger partial charge in [-0.25, -0.2) is 0 Å². The molecule has 4 heteroatoms. The Morgan fingerprint density at radius 1 is 1.11 bits per heavy atom. The van der Waals surface area contributed by atoms with Crippen LogP contribution in [0.2, 0.25) is 0 Å². The molecule has 2 aromatic carbocycles. The number of nitrogens with one attached hydrogen (secondary N) is 1. The van der Waals surface area contributed by atoms with E-state index in [1.54, 1.807) is 0 Å². The third kappa shape index (κ3) is 3.46. The molecule has 2 fully saturated rings. The highest BCUT2D eigenvalue weighted by atomic mass is 16.5. The summed E-state index contributed by atoms with van der Waals surface area (Å²) in [5, 5.41) is 3.13. The molecule has 0 bridgehead atoms. The largest absolute Gasteiger partial charge is 0.493 e. The number of anilines is 1. The van der Waals surface area contributed by atoms with Crippen LogP contribution in [0.3, 0.4) is 0 Å². The summed E-state index contributed by atoms with van der Waals surface area (Å²) in [4.78, 5) is 15.2. The summed E-state index contributed by atoms with van der Waals surface area (Å²) < 4.78 is 5.69. The van der Waals surface area contributed by atoms with Gasteiger partial charge in [-0.05, 0) is 67.5 Å². The molecule has 0 spiro atoms. The molecular formula is C23H26N2O2. The first-order valence-electron chi connectivity index (χ1n) is 10.2. The number of fused-ring (bicyclic) bond motifs is 1. The van der Waals surface area contributed by atoms with E-state index in [4.69, 9.17) is 4.74 Å². The van der Waals surface area contributed by atoms with Gasteiger partial charge in [0, 0.05) is 24.2 Å². The number of hydrogen-bond acceptors (Lipinski definition) is 3. The third-order valence-corrected chi connectivity index (χ3v) is 6.11. The van der Waals surface area contributed by atoms with Crippen molar-refractivity contribution in [3.63, 3.8) is 0 Å². The molecule has 3 aliphatic rings. The van der Waals surface area contributed by atoms with Crippen LogP contribution in [-0.2, 0) is 17.8 Å². The second-order valence-electron chi connectivity index (χ2n) is 8.01. The number of benzene rings is 2. The van der Waals surface area contributed by atoms with E-state index in [2.05, 4.69) is 34.5 Å². The van der Waals surface area contributed by atoms with Crippen LogP contribution in [0.4, 0.5) is 5.69 Å². The number of carbonyl (C=O) groups is 1. The van der Waals surface area contributed by atoms with Crippen molar-refractivity contribution >= 4 is 11.6 Å². The molecule has 5 rings (SSSR count). The lowest BCUT2D eigenvalue weighted by Crippen LogP contribution is -2.39. The Morgan fingerprint density at radius 2 is 1.96 bits per heavy atom. The maximum absolute atomic E-state index is 12.9. The lowest BCUT2D eigenvalue weighted by molar-refractivity contribution is -0.120. The van der Waals surface area contributed by atoms with Crippen molar-refractivity contribution in [1.82, 2.24) is 4.90 Å². The molecule has 2 heterocycles. The molecule has 1 saturated heterocycles. The average molecular weight is 362 g/mol. The molecule has 2 aromatic rings. The van der Waals surface area contributed by atoms with Crippen LogP contribution in [-0.4, -0.2) is 30.0 Å². The smallest absolute Gasteiger partial charge is 0.241 e. The van der Waals surface area contributed by atoms with Crippen LogP contribution >= 0.6 is 0 Å². The molecule has 1 atom stereocenters. The van der Waals surface area contributed by atoms with E-state index in [9.17, 15) is 4.79 Å². The molecule has 140 valence electrons. The topological polar surface area (TPSA) is 41.6 Å². The van der Waals surface area contributed by atoms with Crippen LogP contribution in [0.1, 0.15) is 48.3 Å². The quantitative estimate of drug-likeness (QED) is 0.871. The molecule has 1 amide bonds. The average Bonchev–Trinajstić information content (AvgIpc) is 3.23. The zero-order valence-electron chi connectivity index (χ0n) is 15.6. The van der Waals surface area contributed by atoms with E-state index in [-0.39, 0.29) is 11.9 Å². The van der Waals surface area contributed by atoms with Gasteiger partial charge >= 0.3 is 0 Å². The molecule has 0 aromatic heterocycles. The maximum atomic E-state index is 12.9. The van der Waals surface area contributed by atoms with Crippen molar-refractivity contribution in [3.05, 3.63) is 59.2 Å². The molecule has 1 saturated carbocycles. The van der Waals surface area contributed by atoms with E-state index in [0.717, 1.165) is 56.3 Å². The van der Waals surface area contributed by atoms with E-state index >= 15 is 0 Å².